The molecule has 1 rings (SSSR count). The summed E-state index contributed by atoms with van der Waals surface area (Å²) in [6, 6.07) is 3.06. The number of rotatable bonds is 4. The summed E-state index contributed by atoms with van der Waals surface area (Å²) < 4.78 is 19.4. The van der Waals surface area contributed by atoms with E-state index < -0.39 is 17.4 Å². The Kier molecular flexibility index (Phi) is 4.21. The van der Waals surface area contributed by atoms with Gasteiger partial charge in [0.05, 0.1) is 12.9 Å². The minimum atomic E-state index is -1.22. The van der Waals surface area contributed by atoms with E-state index in [9.17, 15) is 4.55 Å². The molecular weight excluding hydrogens is 214 g/mol. The van der Waals surface area contributed by atoms with E-state index in [-0.39, 0.29) is 11.4 Å². The van der Waals surface area contributed by atoms with Crippen molar-refractivity contribution in [2.75, 3.05) is 6.61 Å². The van der Waals surface area contributed by atoms with Crippen LogP contribution >= 0.6 is 0 Å². The van der Waals surface area contributed by atoms with Gasteiger partial charge in [-0.25, -0.2) is 0 Å². The molecule has 0 aliphatic carbocycles. The molecule has 2 N–H and O–H groups in total. The molecule has 0 saturated carbocycles. The van der Waals surface area contributed by atoms with E-state index in [4.69, 9.17) is 9.52 Å². The largest absolute Gasteiger partial charge is 0.598 e. The Labute approximate surface area is 93.0 Å². The van der Waals surface area contributed by atoms with Gasteiger partial charge in [-0.2, -0.15) is 0 Å². The monoisotopic (exact) mass is 231 g/mol. The highest BCUT2D eigenvalue weighted by atomic mass is 32.2. The predicted molar refractivity (Wildman–Crippen MR) is 59.6 cm³/mol. The van der Waals surface area contributed by atoms with Gasteiger partial charge in [-0.05, 0) is 32.9 Å². The first-order chi connectivity index (χ1) is 6.95. The predicted octanol–water partition coefficient (Wildman–Crippen LogP) is 1.36. The third kappa shape index (κ3) is 3.53. The summed E-state index contributed by atoms with van der Waals surface area (Å²) >= 11 is -1.22. The van der Waals surface area contributed by atoms with Gasteiger partial charge in [0.25, 0.3) is 0 Å². The molecule has 1 heterocycles. The maximum Gasteiger partial charge on any atom is 0.136 e. The van der Waals surface area contributed by atoms with Crippen LogP contribution in [-0.2, 0) is 11.4 Å². The number of aliphatic hydroxyl groups is 1. The van der Waals surface area contributed by atoms with Gasteiger partial charge in [0.15, 0.2) is 0 Å². The van der Waals surface area contributed by atoms with Crippen molar-refractivity contribution in [2.24, 2.45) is 0 Å². The van der Waals surface area contributed by atoms with Crippen LogP contribution < -0.4 is 4.72 Å². The van der Waals surface area contributed by atoms with Crippen molar-refractivity contribution in [3.05, 3.63) is 24.2 Å². The molecule has 2 atom stereocenters. The van der Waals surface area contributed by atoms with E-state index in [0.29, 0.717) is 5.76 Å². The molecule has 0 aliphatic heterocycles. The van der Waals surface area contributed by atoms with Crippen LogP contribution in [0.15, 0.2) is 22.8 Å². The summed E-state index contributed by atoms with van der Waals surface area (Å²) in [6.07, 6.45) is 1.53. The highest BCUT2D eigenvalue weighted by molar-refractivity contribution is 7.90. The van der Waals surface area contributed by atoms with Crippen molar-refractivity contribution in [1.29, 1.82) is 0 Å². The van der Waals surface area contributed by atoms with Crippen LogP contribution in [0.2, 0.25) is 0 Å². The van der Waals surface area contributed by atoms with Crippen molar-refractivity contribution in [2.45, 2.75) is 31.6 Å². The molecule has 0 aliphatic rings. The standard InChI is InChI=1S/C10H17NO3S/c1-10(2,3)15(13)11-8(7-12)9-5-4-6-14-9/h4-6,8,11-12H,7H2,1-3H3/t8?,15-/m1/s1. The van der Waals surface area contributed by atoms with Crippen LogP contribution in [0.3, 0.4) is 0 Å². The zero-order valence-electron chi connectivity index (χ0n) is 9.19. The van der Waals surface area contributed by atoms with Crippen molar-refractivity contribution >= 4 is 11.4 Å². The third-order valence-corrected chi connectivity index (χ3v) is 3.49. The van der Waals surface area contributed by atoms with Crippen LogP contribution in [0.1, 0.15) is 32.6 Å². The fourth-order valence-corrected chi connectivity index (χ4v) is 1.78. The first-order valence-electron chi connectivity index (χ1n) is 4.77. The zero-order valence-corrected chi connectivity index (χ0v) is 10.0. The fraction of sp³-hybridized carbons (Fsp3) is 0.600. The SMILES string of the molecule is CC(C)(C)[S@@+]([O-])NC(CO)c1ccco1. The molecule has 0 spiro atoms. The Bertz CT molecular complexity index is 281. The lowest BCUT2D eigenvalue weighted by atomic mass is 10.2. The maximum absolute atomic E-state index is 11.8. The quantitative estimate of drug-likeness (QED) is 0.768. The zero-order chi connectivity index (χ0) is 11.5. The summed E-state index contributed by atoms with van der Waals surface area (Å²) in [6.45, 7) is 5.46. The van der Waals surface area contributed by atoms with Gasteiger partial charge >= 0.3 is 0 Å². The van der Waals surface area contributed by atoms with Crippen molar-refractivity contribution < 1.29 is 14.1 Å². The number of furan rings is 1. The van der Waals surface area contributed by atoms with E-state index in [1.807, 2.05) is 20.8 Å². The third-order valence-electron chi connectivity index (χ3n) is 1.87. The van der Waals surface area contributed by atoms with Gasteiger partial charge in [0.2, 0.25) is 0 Å². The lowest BCUT2D eigenvalue weighted by Gasteiger charge is -2.26. The highest BCUT2D eigenvalue weighted by Gasteiger charge is 2.30. The Morgan fingerprint density at radius 1 is 1.60 bits per heavy atom. The second kappa shape index (κ2) is 5.03. The molecule has 4 nitrogen and oxygen atoms in total. The summed E-state index contributed by atoms with van der Waals surface area (Å²) in [4.78, 5) is 0. The van der Waals surface area contributed by atoms with E-state index in [1.54, 1.807) is 12.1 Å². The molecular formula is C10H17NO3S. The first-order valence-corrected chi connectivity index (χ1v) is 5.92. The van der Waals surface area contributed by atoms with Crippen molar-refractivity contribution in [3.8, 4) is 0 Å². The van der Waals surface area contributed by atoms with Gasteiger partial charge in [-0.15, -0.1) is 4.72 Å². The van der Waals surface area contributed by atoms with Gasteiger partial charge in [0.1, 0.15) is 16.5 Å². The van der Waals surface area contributed by atoms with Crippen molar-refractivity contribution in [3.63, 3.8) is 0 Å². The number of aliphatic hydroxyl groups excluding tert-OH is 1. The van der Waals surface area contributed by atoms with E-state index >= 15 is 0 Å². The average molecular weight is 231 g/mol. The Balaban J connectivity index is 2.63. The normalized spacial score (nSPS) is 16.3. The molecule has 0 amide bonds. The maximum atomic E-state index is 11.8. The molecule has 0 aromatic carbocycles. The molecule has 0 fully saturated rings. The van der Waals surface area contributed by atoms with Crippen LogP contribution in [0.25, 0.3) is 0 Å². The minimum Gasteiger partial charge on any atom is -0.598 e. The van der Waals surface area contributed by atoms with Crippen LogP contribution in [0.5, 0.6) is 0 Å². The first kappa shape index (κ1) is 12.6. The molecule has 1 unspecified atom stereocenters. The molecule has 0 radical (unpaired) electrons. The summed E-state index contributed by atoms with van der Waals surface area (Å²) in [5.41, 5.74) is 0. The Morgan fingerprint density at radius 3 is 2.67 bits per heavy atom. The fourth-order valence-electron chi connectivity index (χ4n) is 0.981. The second-order valence-electron chi connectivity index (χ2n) is 4.25. The average Bonchev–Trinajstić information content (AvgIpc) is 2.64. The number of hydrogen-bond donors (Lipinski definition) is 2. The van der Waals surface area contributed by atoms with E-state index in [1.165, 1.54) is 6.26 Å². The summed E-state index contributed by atoms with van der Waals surface area (Å²) in [5.74, 6) is 0.593. The van der Waals surface area contributed by atoms with Gasteiger partial charge in [0, 0.05) is 11.4 Å². The molecule has 1 aromatic rings. The van der Waals surface area contributed by atoms with Gasteiger partial charge < -0.3 is 14.1 Å². The molecule has 5 heteroatoms. The summed E-state index contributed by atoms with van der Waals surface area (Å²) in [5, 5.41) is 9.16. The molecule has 1 aromatic heterocycles. The van der Waals surface area contributed by atoms with Crippen LogP contribution in [0, 0.1) is 0 Å². The molecule has 86 valence electrons. The lowest BCUT2D eigenvalue weighted by molar-refractivity contribution is 0.241. The molecule has 15 heavy (non-hydrogen) atoms. The Morgan fingerprint density at radius 2 is 2.27 bits per heavy atom. The van der Waals surface area contributed by atoms with E-state index in [0.717, 1.165) is 0 Å². The lowest BCUT2D eigenvalue weighted by Crippen LogP contribution is -2.42. The summed E-state index contributed by atoms with van der Waals surface area (Å²) in [7, 11) is 0. The molecule has 0 bridgehead atoms. The highest BCUT2D eigenvalue weighted by Crippen LogP contribution is 2.19. The van der Waals surface area contributed by atoms with Gasteiger partial charge in [-0.3, -0.25) is 0 Å². The topological polar surface area (TPSA) is 68.5 Å². The van der Waals surface area contributed by atoms with Gasteiger partial charge in [-0.1, -0.05) is 0 Å². The van der Waals surface area contributed by atoms with Crippen LogP contribution in [-0.4, -0.2) is 21.0 Å². The van der Waals surface area contributed by atoms with E-state index in [2.05, 4.69) is 4.72 Å². The smallest absolute Gasteiger partial charge is 0.136 e. The minimum absolute atomic E-state index is 0.144. The second-order valence-corrected chi connectivity index (χ2v) is 6.25. The number of hydrogen-bond acceptors (Lipinski definition) is 4. The Hall–Kier alpha value is -0.490. The molecule has 0 saturated heterocycles. The van der Waals surface area contributed by atoms with Crippen molar-refractivity contribution in [1.82, 2.24) is 4.72 Å². The van der Waals surface area contributed by atoms with Crippen LogP contribution in [0.4, 0.5) is 0 Å². The number of nitrogens with one attached hydrogen (secondary N) is 1.